The summed E-state index contributed by atoms with van der Waals surface area (Å²) in [6, 6.07) is 6.01. The Labute approximate surface area is 106 Å². The molecule has 18 heavy (non-hydrogen) atoms. The Balaban J connectivity index is 1.93. The summed E-state index contributed by atoms with van der Waals surface area (Å²) in [7, 11) is 0. The summed E-state index contributed by atoms with van der Waals surface area (Å²) in [6.45, 7) is 5.01. The van der Waals surface area contributed by atoms with Gasteiger partial charge >= 0.3 is 5.97 Å². The molecule has 0 unspecified atom stereocenters. The van der Waals surface area contributed by atoms with Gasteiger partial charge in [0.25, 0.3) is 0 Å². The fourth-order valence-electron chi connectivity index (χ4n) is 1.82. The van der Waals surface area contributed by atoms with Crippen molar-refractivity contribution in [1.82, 2.24) is 15.3 Å². The van der Waals surface area contributed by atoms with Crippen LogP contribution in [0.15, 0.2) is 18.2 Å². The summed E-state index contributed by atoms with van der Waals surface area (Å²) in [4.78, 5) is 18.7. The number of fused-ring (bicyclic) bond motifs is 1. The normalized spacial score (nSPS) is 10.8. The Bertz CT molecular complexity index is 548. The quantitative estimate of drug-likeness (QED) is 0.786. The minimum absolute atomic E-state index is 0.226. The fourth-order valence-corrected chi connectivity index (χ4v) is 1.82. The molecule has 0 saturated heterocycles. The van der Waals surface area contributed by atoms with Crippen LogP contribution < -0.4 is 5.32 Å². The highest BCUT2D eigenvalue weighted by atomic mass is 16.5. The number of rotatable bonds is 5. The Morgan fingerprint density at radius 1 is 1.50 bits per heavy atom. The third-order valence-corrected chi connectivity index (χ3v) is 2.57. The lowest BCUT2D eigenvalue weighted by molar-refractivity contribution is -0.142. The van der Waals surface area contributed by atoms with Crippen molar-refractivity contribution in [3.05, 3.63) is 29.6 Å². The average molecular weight is 247 g/mol. The number of benzene rings is 1. The number of imidazole rings is 1. The van der Waals surface area contributed by atoms with E-state index in [2.05, 4.69) is 15.3 Å². The number of aryl methyl sites for hydroxylation is 1. The first-order valence-corrected chi connectivity index (χ1v) is 6.00. The van der Waals surface area contributed by atoms with Crippen molar-refractivity contribution in [3.63, 3.8) is 0 Å². The number of nitrogens with zero attached hydrogens (tertiary/aromatic N) is 1. The number of esters is 1. The number of H-pyrrole nitrogens is 1. The second kappa shape index (κ2) is 5.64. The third kappa shape index (κ3) is 3.07. The van der Waals surface area contributed by atoms with E-state index in [0.29, 0.717) is 13.2 Å². The maximum Gasteiger partial charge on any atom is 0.319 e. The predicted octanol–water partition coefficient (Wildman–Crippen LogP) is 1.52. The topological polar surface area (TPSA) is 67.0 Å². The lowest BCUT2D eigenvalue weighted by atomic mass is 10.2. The summed E-state index contributed by atoms with van der Waals surface area (Å²) in [5.41, 5.74) is 3.08. The van der Waals surface area contributed by atoms with Gasteiger partial charge in [0.05, 0.1) is 24.2 Å². The summed E-state index contributed by atoms with van der Waals surface area (Å²) in [5, 5.41) is 3.05. The van der Waals surface area contributed by atoms with E-state index in [1.54, 1.807) is 6.92 Å². The minimum Gasteiger partial charge on any atom is -0.465 e. The number of carbonyl (C=O) groups excluding carboxylic acids is 1. The monoisotopic (exact) mass is 247 g/mol. The highest BCUT2D eigenvalue weighted by molar-refractivity contribution is 5.76. The van der Waals surface area contributed by atoms with Gasteiger partial charge in [-0.15, -0.1) is 0 Å². The molecule has 0 bridgehead atoms. The van der Waals surface area contributed by atoms with Gasteiger partial charge in [-0.1, -0.05) is 6.07 Å². The van der Waals surface area contributed by atoms with Gasteiger partial charge in [-0.25, -0.2) is 4.98 Å². The Hall–Kier alpha value is -1.88. The molecule has 0 aliphatic carbocycles. The largest absolute Gasteiger partial charge is 0.465 e. The summed E-state index contributed by atoms with van der Waals surface area (Å²) >= 11 is 0. The Morgan fingerprint density at radius 3 is 3.11 bits per heavy atom. The standard InChI is InChI=1S/C13H17N3O2/c1-3-18-13(17)8-14-7-10-4-5-11-12(6-10)16-9(2)15-11/h4-6,14H,3,7-8H2,1-2H3,(H,15,16). The number of carbonyl (C=O) groups is 1. The van der Waals surface area contributed by atoms with Gasteiger partial charge in [0.1, 0.15) is 5.82 Å². The van der Waals surface area contributed by atoms with Crippen molar-refractivity contribution < 1.29 is 9.53 Å². The van der Waals surface area contributed by atoms with Crippen LogP contribution in [-0.4, -0.2) is 29.1 Å². The van der Waals surface area contributed by atoms with Crippen molar-refractivity contribution in [1.29, 1.82) is 0 Å². The number of nitrogens with one attached hydrogen (secondary N) is 2. The zero-order valence-corrected chi connectivity index (χ0v) is 10.6. The first-order valence-electron chi connectivity index (χ1n) is 6.00. The SMILES string of the molecule is CCOC(=O)CNCc1ccc2nc(C)[nH]c2c1. The van der Waals surface area contributed by atoms with Gasteiger partial charge in [0.15, 0.2) is 0 Å². The lowest BCUT2D eigenvalue weighted by Gasteiger charge is -2.04. The van der Waals surface area contributed by atoms with Crippen molar-refractivity contribution in [3.8, 4) is 0 Å². The highest BCUT2D eigenvalue weighted by Gasteiger charge is 2.03. The molecule has 0 spiro atoms. The predicted molar refractivity (Wildman–Crippen MR) is 69.2 cm³/mol. The van der Waals surface area contributed by atoms with Gasteiger partial charge < -0.3 is 15.0 Å². The molecule has 5 heteroatoms. The second-order valence-electron chi connectivity index (χ2n) is 4.08. The van der Waals surface area contributed by atoms with Gasteiger partial charge in [-0.3, -0.25) is 4.79 Å². The maximum absolute atomic E-state index is 11.1. The Morgan fingerprint density at radius 2 is 2.33 bits per heavy atom. The van der Waals surface area contributed by atoms with Gasteiger partial charge in [-0.05, 0) is 31.5 Å². The van der Waals surface area contributed by atoms with Crippen LogP contribution in [0.3, 0.4) is 0 Å². The zero-order valence-electron chi connectivity index (χ0n) is 10.6. The first-order chi connectivity index (χ1) is 8.69. The molecule has 96 valence electrons. The average Bonchev–Trinajstić information content (AvgIpc) is 2.69. The van der Waals surface area contributed by atoms with E-state index in [9.17, 15) is 4.79 Å². The minimum atomic E-state index is -0.226. The van der Waals surface area contributed by atoms with Crippen LogP contribution in [-0.2, 0) is 16.1 Å². The van der Waals surface area contributed by atoms with Crippen LogP contribution in [0.5, 0.6) is 0 Å². The van der Waals surface area contributed by atoms with E-state index < -0.39 is 0 Å². The third-order valence-electron chi connectivity index (χ3n) is 2.57. The van der Waals surface area contributed by atoms with E-state index >= 15 is 0 Å². The highest BCUT2D eigenvalue weighted by Crippen LogP contribution is 2.13. The molecule has 1 aromatic heterocycles. The van der Waals surface area contributed by atoms with Crippen LogP contribution in [0.1, 0.15) is 18.3 Å². The molecule has 1 heterocycles. The van der Waals surface area contributed by atoms with Crippen LogP contribution in [0.2, 0.25) is 0 Å². The van der Waals surface area contributed by atoms with Crippen molar-refractivity contribution in [2.75, 3.05) is 13.2 Å². The molecular weight excluding hydrogens is 230 g/mol. The number of aromatic nitrogens is 2. The second-order valence-corrected chi connectivity index (χ2v) is 4.08. The molecular formula is C13H17N3O2. The molecule has 0 atom stereocenters. The zero-order chi connectivity index (χ0) is 13.0. The van der Waals surface area contributed by atoms with E-state index in [-0.39, 0.29) is 12.5 Å². The van der Waals surface area contributed by atoms with Crippen molar-refractivity contribution in [2.45, 2.75) is 20.4 Å². The molecule has 0 radical (unpaired) electrons. The molecule has 2 N–H and O–H groups in total. The van der Waals surface area contributed by atoms with Crippen molar-refractivity contribution >= 4 is 17.0 Å². The van der Waals surface area contributed by atoms with Gasteiger partial charge in [0.2, 0.25) is 0 Å². The van der Waals surface area contributed by atoms with Crippen LogP contribution in [0.4, 0.5) is 0 Å². The summed E-state index contributed by atoms with van der Waals surface area (Å²) in [5.74, 6) is 0.678. The molecule has 1 aromatic carbocycles. The van der Waals surface area contributed by atoms with Gasteiger partial charge in [-0.2, -0.15) is 0 Å². The van der Waals surface area contributed by atoms with Crippen LogP contribution in [0, 0.1) is 6.92 Å². The van der Waals surface area contributed by atoms with Crippen LogP contribution >= 0.6 is 0 Å². The molecule has 0 aliphatic rings. The summed E-state index contributed by atoms with van der Waals surface area (Å²) in [6.07, 6.45) is 0. The first kappa shape index (κ1) is 12.6. The molecule has 2 rings (SSSR count). The number of aromatic amines is 1. The smallest absolute Gasteiger partial charge is 0.319 e. The molecule has 2 aromatic rings. The molecule has 0 amide bonds. The molecule has 0 saturated carbocycles. The lowest BCUT2D eigenvalue weighted by Crippen LogP contribution is -2.24. The number of ether oxygens (including phenoxy) is 1. The van der Waals surface area contributed by atoms with Gasteiger partial charge in [0, 0.05) is 6.54 Å². The fraction of sp³-hybridized carbons (Fsp3) is 0.385. The molecule has 5 nitrogen and oxygen atoms in total. The molecule has 0 aliphatic heterocycles. The van der Waals surface area contributed by atoms with Crippen molar-refractivity contribution in [2.24, 2.45) is 0 Å². The summed E-state index contributed by atoms with van der Waals surface area (Å²) < 4.78 is 4.84. The number of hydrogen-bond donors (Lipinski definition) is 2. The Kier molecular flexibility index (Phi) is 3.94. The van der Waals surface area contributed by atoms with E-state index in [1.807, 2.05) is 25.1 Å². The maximum atomic E-state index is 11.1. The molecule has 0 fully saturated rings. The van der Waals surface area contributed by atoms with Crippen LogP contribution in [0.25, 0.3) is 11.0 Å². The van der Waals surface area contributed by atoms with E-state index in [4.69, 9.17) is 4.74 Å². The van der Waals surface area contributed by atoms with E-state index in [1.165, 1.54) is 0 Å². The van der Waals surface area contributed by atoms with E-state index in [0.717, 1.165) is 22.4 Å². The number of hydrogen-bond acceptors (Lipinski definition) is 4.